The number of carbonyl (C=O) groups excluding carboxylic acids is 1. The zero-order chi connectivity index (χ0) is 23.4. The molecule has 4 rings (SSSR count). The van der Waals surface area contributed by atoms with Gasteiger partial charge in [0.15, 0.2) is 11.5 Å². The predicted octanol–water partition coefficient (Wildman–Crippen LogP) is 3.29. The lowest BCUT2D eigenvalue weighted by molar-refractivity contribution is -0.116. The Labute approximate surface area is 191 Å². The van der Waals surface area contributed by atoms with Gasteiger partial charge in [-0.05, 0) is 30.3 Å². The molecule has 2 aromatic heterocycles. The average Bonchev–Trinajstić information content (AvgIpc) is 3.25. The van der Waals surface area contributed by atoms with Crippen LogP contribution in [-0.2, 0) is 11.3 Å². The van der Waals surface area contributed by atoms with Crippen molar-refractivity contribution in [2.45, 2.75) is 6.54 Å². The summed E-state index contributed by atoms with van der Waals surface area (Å²) < 4.78 is 12.3. The van der Waals surface area contributed by atoms with Crippen LogP contribution in [0.3, 0.4) is 0 Å². The van der Waals surface area contributed by atoms with Crippen molar-refractivity contribution in [2.24, 2.45) is 0 Å². The molecule has 2 N–H and O–H groups in total. The molecule has 0 radical (unpaired) electrons. The van der Waals surface area contributed by atoms with Crippen LogP contribution in [0.25, 0.3) is 10.9 Å². The first kappa shape index (κ1) is 21.9. The van der Waals surface area contributed by atoms with E-state index in [9.17, 15) is 4.79 Å². The van der Waals surface area contributed by atoms with Crippen molar-refractivity contribution in [2.75, 3.05) is 43.8 Å². The second-order valence-electron chi connectivity index (χ2n) is 7.49. The molecule has 10 nitrogen and oxygen atoms in total. The summed E-state index contributed by atoms with van der Waals surface area (Å²) in [4.78, 5) is 23.1. The van der Waals surface area contributed by atoms with Gasteiger partial charge in [-0.1, -0.05) is 0 Å². The van der Waals surface area contributed by atoms with Gasteiger partial charge in [-0.3, -0.25) is 9.48 Å². The molecular weight excluding hydrogens is 422 g/mol. The van der Waals surface area contributed by atoms with Crippen molar-refractivity contribution < 1.29 is 14.3 Å². The van der Waals surface area contributed by atoms with Crippen molar-refractivity contribution in [1.29, 1.82) is 0 Å². The molecule has 10 heteroatoms. The van der Waals surface area contributed by atoms with Crippen molar-refractivity contribution in [3.8, 4) is 11.5 Å². The quantitative estimate of drug-likeness (QED) is 0.424. The van der Waals surface area contributed by atoms with E-state index in [0.717, 1.165) is 16.8 Å². The summed E-state index contributed by atoms with van der Waals surface area (Å²) in [5.74, 6) is 1.58. The first-order chi connectivity index (χ1) is 16.0. The number of fused-ring (bicyclic) bond motifs is 1. The number of nitrogens with zero attached hydrogens (tertiary/aromatic N) is 5. The lowest BCUT2D eigenvalue weighted by atomic mass is 10.2. The minimum Gasteiger partial charge on any atom is -0.493 e. The fraction of sp³-hybridized carbons (Fsp3) is 0.217. The first-order valence-electron chi connectivity index (χ1n) is 10.2. The van der Waals surface area contributed by atoms with Gasteiger partial charge in [0.1, 0.15) is 18.7 Å². The van der Waals surface area contributed by atoms with Gasteiger partial charge in [-0.15, -0.1) is 0 Å². The van der Waals surface area contributed by atoms with E-state index >= 15 is 0 Å². The van der Waals surface area contributed by atoms with E-state index in [1.165, 1.54) is 6.33 Å². The maximum atomic E-state index is 12.4. The summed E-state index contributed by atoms with van der Waals surface area (Å²) in [7, 11) is 7.09. The largest absolute Gasteiger partial charge is 0.493 e. The van der Waals surface area contributed by atoms with Gasteiger partial charge in [0.25, 0.3) is 0 Å². The van der Waals surface area contributed by atoms with Crippen molar-refractivity contribution >= 4 is 39.7 Å². The molecule has 0 atom stereocenters. The van der Waals surface area contributed by atoms with E-state index in [1.807, 2.05) is 49.3 Å². The van der Waals surface area contributed by atoms with Crippen LogP contribution in [0.1, 0.15) is 0 Å². The summed E-state index contributed by atoms with van der Waals surface area (Å²) in [6, 6.07) is 11.2. The van der Waals surface area contributed by atoms with E-state index in [2.05, 4.69) is 25.7 Å². The third-order valence-corrected chi connectivity index (χ3v) is 5.01. The Morgan fingerprint density at radius 3 is 2.45 bits per heavy atom. The smallest absolute Gasteiger partial charge is 0.246 e. The molecule has 33 heavy (non-hydrogen) atoms. The average molecular weight is 447 g/mol. The lowest BCUT2D eigenvalue weighted by Gasteiger charge is -2.13. The molecule has 4 aromatic rings. The number of aromatic nitrogens is 4. The highest BCUT2D eigenvalue weighted by Crippen LogP contribution is 2.34. The molecule has 0 fully saturated rings. The summed E-state index contributed by atoms with van der Waals surface area (Å²) >= 11 is 0. The molecule has 170 valence electrons. The van der Waals surface area contributed by atoms with Gasteiger partial charge in [-0.25, -0.2) is 9.97 Å². The monoisotopic (exact) mass is 447 g/mol. The summed E-state index contributed by atoms with van der Waals surface area (Å²) in [5, 5.41) is 11.1. The number of amides is 1. The predicted molar refractivity (Wildman–Crippen MR) is 128 cm³/mol. The number of ether oxygens (including phenoxy) is 2. The molecule has 0 spiro atoms. The molecule has 0 aliphatic rings. The summed E-state index contributed by atoms with van der Waals surface area (Å²) in [5.41, 5.74) is 3.18. The number of benzene rings is 2. The molecule has 0 unspecified atom stereocenters. The summed E-state index contributed by atoms with van der Waals surface area (Å²) in [6.07, 6.45) is 4.84. The molecule has 0 aliphatic carbocycles. The van der Waals surface area contributed by atoms with Crippen LogP contribution in [0.5, 0.6) is 11.5 Å². The van der Waals surface area contributed by atoms with Crippen LogP contribution >= 0.6 is 0 Å². The minimum absolute atomic E-state index is 0.0760. The van der Waals surface area contributed by atoms with Gasteiger partial charge >= 0.3 is 0 Å². The van der Waals surface area contributed by atoms with E-state index in [4.69, 9.17) is 9.47 Å². The van der Waals surface area contributed by atoms with Crippen LogP contribution in [0.2, 0.25) is 0 Å². The SMILES string of the molecule is COc1cc2ncnc(Nc3cnn(CC(=O)Nc4ccc(N(C)C)cc4)c3)c2cc1OC. The fourth-order valence-corrected chi connectivity index (χ4v) is 3.32. The summed E-state index contributed by atoms with van der Waals surface area (Å²) in [6.45, 7) is 0.0760. The minimum atomic E-state index is -0.174. The molecule has 0 saturated heterocycles. The van der Waals surface area contributed by atoms with Crippen molar-refractivity contribution in [1.82, 2.24) is 19.7 Å². The first-order valence-corrected chi connectivity index (χ1v) is 10.2. The molecule has 0 aliphatic heterocycles. The number of rotatable bonds is 8. The second kappa shape index (κ2) is 9.43. The number of methoxy groups -OCH3 is 2. The standard InChI is InChI=1S/C23H25N7O3/c1-29(2)17-7-5-15(6-8-17)27-22(31)13-30-12-16(11-26-30)28-23-18-9-20(32-3)21(33-4)10-19(18)24-14-25-23/h5-12,14H,13H2,1-4H3,(H,27,31)(H,24,25,28). The maximum Gasteiger partial charge on any atom is 0.246 e. The molecular formula is C23H25N7O3. The highest BCUT2D eigenvalue weighted by atomic mass is 16.5. The van der Waals surface area contributed by atoms with Crippen molar-refractivity contribution in [3.05, 3.63) is 55.1 Å². The zero-order valence-electron chi connectivity index (χ0n) is 18.9. The third kappa shape index (κ3) is 4.95. The second-order valence-corrected chi connectivity index (χ2v) is 7.49. The molecule has 0 bridgehead atoms. The topological polar surface area (TPSA) is 106 Å². The van der Waals surface area contributed by atoms with Crippen LogP contribution in [0.15, 0.2) is 55.1 Å². The third-order valence-electron chi connectivity index (χ3n) is 5.01. The Morgan fingerprint density at radius 2 is 1.76 bits per heavy atom. The van der Waals surface area contributed by atoms with Crippen LogP contribution in [0, 0.1) is 0 Å². The van der Waals surface area contributed by atoms with E-state index in [1.54, 1.807) is 37.4 Å². The molecule has 1 amide bonds. The van der Waals surface area contributed by atoms with E-state index in [0.29, 0.717) is 28.5 Å². The lowest BCUT2D eigenvalue weighted by Crippen LogP contribution is -2.19. The van der Waals surface area contributed by atoms with Crippen LogP contribution < -0.4 is 25.0 Å². The Morgan fingerprint density at radius 1 is 1.03 bits per heavy atom. The Bertz CT molecular complexity index is 1270. The van der Waals surface area contributed by atoms with E-state index < -0.39 is 0 Å². The Hall–Kier alpha value is -4.34. The molecule has 2 aromatic carbocycles. The normalized spacial score (nSPS) is 10.7. The van der Waals surface area contributed by atoms with Crippen LogP contribution in [-0.4, -0.2) is 54.0 Å². The van der Waals surface area contributed by atoms with E-state index in [-0.39, 0.29) is 12.5 Å². The van der Waals surface area contributed by atoms with Gasteiger partial charge in [0.05, 0.1) is 31.6 Å². The fourth-order valence-electron chi connectivity index (χ4n) is 3.32. The van der Waals surface area contributed by atoms with Crippen molar-refractivity contribution in [3.63, 3.8) is 0 Å². The van der Waals surface area contributed by atoms with Gasteiger partial charge < -0.3 is 25.0 Å². The number of anilines is 4. The molecule has 0 saturated carbocycles. The Kier molecular flexibility index (Phi) is 6.25. The Balaban J connectivity index is 1.45. The number of carbonyl (C=O) groups is 1. The number of hydrogen-bond donors (Lipinski definition) is 2. The zero-order valence-corrected chi connectivity index (χ0v) is 18.9. The number of nitrogens with one attached hydrogen (secondary N) is 2. The van der Waals surface area contributed by atoms with Gasteiger partial charge in [-0.2, -0.15) is 5.10 Å². The van der Waals surface area contributed by atoms with Gasteiger partial charge in [0.2, 0.25) is 5.91 Å². The number of hydrogen-bond acceptors (Lipinski definition) is 8. The van der Waals surface area contributed by atoms with Gasteiger partial charge in [0, 0.05) is 43.1 Å². The highest BCUT2D eigenvalue weighted by Gasteiger charge is 2.12. The maximum absolute atomic E-state index is 12.4. The van der Waals surface area contributed by atoms with Crippen LogP contribution in [0.4, 0.5) is 22.9 Å². The molecule has 2 heterocycles. The highest BCUT2D eigenvalue weighted by molar-refractivity contribution is 5.93.